The van der Waals surface area contributed by atoms with Crippen molar-refractivity contribution in [1.82, 2.24) is 0 Å². The van der Waals surface area contributed by atoms with Crippen molar-refractivity contribution in [1.29, 1.82) is 0 Å². The van der Waals surface area contributed by atoms with E-state index in [9.17, 15) is 8.42 Å². The second-order valence-corrected chi connectivity index (χ2v) is 22.7. The third kappa shape index (κ3) is 6.26. The second kappa shape index (κ2) is 11.2. The first kappa shape index (κ1) is 31.3. The molecule has 1 heterocycles. The van der Waals surface area contributed by atoms with Gasteiger partial charge in [-0.15, -0.1) is 0 Å². The first-order chi connectivity index (χ1) is 18.0. The monoisotopic (exact) mass is 574 g/mol. The van der Waals surface area contributed by atoms with E-state index in [1.807, 2.05) is 0 Å². The molecule has 0 N–H and O–H groups in total. The van der Waals surface area contributed by atoms with Gasteiger partial charge in [-0.2, -0.15) is 0 Å². The van der Waals surface area contributed by atoms with E-state index in [4.69, 9.17) is 4.43 Å². The molecular formula is C34H58O3SSi. The van der Waals surface area contributed by atoms with Gasteiger partial charge in [0.05, 0.1) is 5.75 Å². The highest BCUT2D eigenvalue weighted by molar-refractivity contribution is 7.92. The first-order valence-corrected chi connectivity index (χ1v) is 20.6. The van der Waals surface area contributed by atoms with Crippen molar-refractivity contribution in [2.24, 2.45) is 35.0 Å². The molecule has 0 radical (unpaired) electrons. The zero-order valence-electron chi connectivity index (χ0n) is 26.8. The lowest BCUT2D eigenvalue weighted by Crippen LogP contribution is -2.44. The molecule has 1 aliphatic heterocycles. The average Bonchev–Trinajstić information content (AvgIpc) is 3.29. The molecule has 7 atom stereocenters. The summed E-state index contributed by atoms with van der Waals surface area (Å²) in [6, 6.07) is 0. The molecule has 39 heavy (non-hydrogen) atoms. The van der Waals surface area contributed by atoms with Crippen LogP contribution in [0.2, 0.25) is 18.1 Å². The lowest BCUT2D eigenvalue weighted by Gasteiger charge is -2.44. The molecule has 5 heteroatoms. The maximum atomic E-state index is 13.6. The standard InChI is InChI=1S/C34H58O3SSi/c1-23(2)24(3)13-14-25(4)30-17-18-31-26(12-11-19-34(30,31)8)20-32-29-21-28(37-39(9,10)33(5,6)7)16-15-27(29)22-38(32,35)36/h13-14,20,23-25,28,30-32H,11-12,15-19,21-22H2,1-10H3/b14-13+,26-20+/t24-,25-,28+,30-,31+,32?,34-/m1/s1. The predicted molar refractivity (Wildman–Crippen MR) is 169 cm³/mol. The van der Waals surface area contributed by atoms with Gasteiger partial charge in [0, 0.05) is 6.10 Å². The minimum absolute atomic E-state index is 0.159. The average molecular weight is 575 g/mol. The quantitative estimate of drug-likeness (QED) is 0.225. The van der Waals surface area contributed by atoms with Crippen LogP contribution in [0.5, 0.6) is 0 Å². The smallest absolute Gasteiger partial charge is 0.192 e. The van der Waals surface area contributed by atoms with Crippen LogP contribution in [-0.2, 0) is 14.3 Å². The summed E-state index contributed by atoms with van der Waals surface area (Å²) in [6.45, 7) is 23.4. The zero-order valence-corrected chi connectivity index (χ0v) is 28.6. The van der Waals surface area contributed by atoms with Crippen LogP contribution in [0.25, 0.3) is 0 Å². The van der Waals surface area contributed by atoms with Crippen LogP contribution < -0.4 is 0 Å². The Balaban J connectivity index is 1.56. The summed E-state index contributed by atoms with van der Waals surface area (Å²) >= 11 is 0. The molecule has 4 rings (SSSR count). The number of hydrogen-bond acceptors (Lipinski definition) is 3. The third-order valence-electron chi connectivity index (χ3n) is 11.9. The van der Waals surface area contributed by atoms with E-state index >= 15 is 0 Å². The van der Waals surface area contributed by atoms with Crippen molar-refractivity contribution in [3.05, 3.63) is 34.9 Å². The normalized spacial score (nSPS) is 36.0. The fraction of sp³-hybridized carbons (Fsp3) is 0.824. The molecule has 0 spiro atoms. The number of rotatable bonds is 7. The van der Waals surface area contributed by atoms with Crippen molar-refractivity contribution in [2.75, 3.05) is 5.75 Å². The van der Waals surface area contributed by atoms with Gasteiger partial charge in [-0.1, -0.05) is 84.8 Å². The van der Waals surface area contributed by atoms with E-state index in [-0.39, 0.29) is 22.3 Å². The highest BCUT2D eigenvalue weighted by Crippen LogP contribution is 2.60. The maximum Gasteiger partial charge on any atom is 0.192 e. The molecule has 222 valence electrons. The predicted octanol–water partition coefficient (Wildman–Crippen LogP) is 9.28. The summed E-state index contributed by atoms with van der Waals surface area (Å²) in [7, 11) is -5.07. The van der Waals surface area contributed by atoms with Crippen LogP contribution in [-0.4, -0.2) is 33.8 Å². The lowest BCUT2D eigenvalue weighted by molar-refractivity contribution is 0.111. The summed E-state index contributed by atoms with van der Waals surface area (Å²) in [5.74, 6) is 3.31. The topological polar surface area (TPSA) is 43.4 Å². The molecule has 3 nitrogen and oxygen atoms in total. The molecule has 4 aliphatic rings. The summed E-state index contributed by atoms with van der Waals surface area (Å²) in [4.78, 5) is 0. The Hall–Kier alpha value is -0.653. The fourth-order valence-corrected chi connectivity index (χ4v) is 11.4. The van der Waals surface area contributed by atoms with E-state index in [0.29, 0.717) is 29.6 Å². The third-order valence-corrected chi connectivity index (χ3v) is 18.3. The van der Waals surface area contributed by atoms with Gasteiger partial charge in [-0.3, -0.25) is 0 Å². The first-order valence-electron chi connectivity index (χ1n) is 16.0. The minimum Gasteiger partial charge on any atom is -0.414 e. The van der Waals surface area contributed by atoms with Gasteiger partial charge in [0.25, 0.3) is 0 Å². The van der Waals surface area contributed by atoms with Gasteiger partial charge in [0.15, 0.2) is 18.2 Å². The van der Waals surface area contributed by atoms with Crippen molar-refractivity contribution in [3.8, 4) is 0 Å². The van der Waals surface area contributed by atoms with Crippen LogP contribution in [0.15, 0.2) is 34.9 Å². The molecule has 3 aliphatic carbocycles. The Morgan fingerprint density at radius 3 is 2.36 bits per heavy atom. The molecule has 0 saturated heterocycles. The lowest BCUT2D eigenvalue weighted by atomic mass is 9.61. The van der Waals surface area contributed by atoms with Gasteiger partial charge in [-0.05, 0) is 110 Å². The number of hydrogen-bond donors (Lipinski definition) is 0. The molecule has 2 saturated carbocycles. The molecule has 1 unspecified atom stereocenters. The van der Waals surface area contributed by atoms with Crippen LogP contribution in [0, 0.1) is 35.0 Å². The molecule has 0 bridgehead atoms. The summed E-state index contributed by atoms with van der Waals surface area (Å²) in [5.41, 5.74) is 4.12. The van der Waals surface area contributed by atoms with Crippen molar-refractivity contribution in [2.45, 2.75) is 136 Å². The van der Waals surface area contributed by atoms with E-state index in [2.05, 4.69) is 86.7 Å². The Morgan fingerprint density at radius 1 is 1.03 bits per heavy atom. The molecule has 2 fully saturated rings. The highest BCUT2D eigenvalue weighted by atomic mass is 32.2. The van der Waals surface area contributed by atoms with Gasteiger partial charge in [0.1, 0.15) is 5.25 Å². The molecule has 0 aromatic heterocycles. The second-order valence-electron chi connectivity index (χ2n) is 15.8. The summed E-state index contributed by atoms with van der Waals surface area (Å²) in [6.07, 6.45) is 16.0. The van der Waals surface area contributed by atoms with E-state index < -0.39 is 23.4 Å². The number of fused-ring (bicyclic) bond motifs is 1. The Kier molecular flexibility index (Phi) is 8.99. The summed E-state index contributed by atoms with van der Waals surface area (Å²) in [5, 5.41) is -0.255. The van der Waals surface area contributed by atoms with E-state index in [1.54, 1.807) is 0 Å². The van der Waals surface area contributed by atoms with Crippen molar-refractivity contribution in [3.63, 3.8) is 0 Å². The molecule has 0 amide bonds. The Bertz CT molecular complexity index is 1110. The van der Waals surface area contributed by atoms with E-state index in [1.165, 1.54) is 42.4 Å². The fourth-order valence-electron chi connectivity index (χ4n) is 7.96. The number of allylic oxidation sites excluding steroid dienone is 3. The van der Waals surface area contributed by atoms with Gasteiger partial charge in [0.2, 0.25) is 0 Å². The van der Waals surface area contributed by atoms with Gasteiger partial charge in [-0.25, -0.2) is 8.42 Å². The molecular weight excluding hydrogens is 517 g/mol. The Morgan fingerprint density at radius 2 is 1.72 bits per heavy atom. The zero-order chi connectivity index (χ0) is 29.0. The highest BCUT2D eigenvalue weighted by Gasteiger charge is 2.51. The largest absolute Gasteiger partial charge is 0.414 e. The van der Waals surface area contributed by atoms with Gasteiger partial charge < -0.3 is 4.43 Å². The van der Waals surface area contributed by atoms with Crippen LogP contribution in [0.1, 0.15) is 107 Å². The Labute approximate surface area is 242 Å². The number of sulfone groups is 1. The van der Waals surface area contributed by atoms with Gasteiger partial charge >= 0.3 is 0 Å². The van der Waals surface area contributed by atoms with Crippen LogP contribution in [0.3, 0.4) is 0 Å². The van der Waals surface area contributed by atoms with E-state index in [0.717, 1.165) is 25.7 Å². The molecule has 0 aromatic rings. The summed E-state index contributed by atoms with van der Waals surface area (Å²) < 4.78 is 34.0. The minimum atomic E-state index is -3.18. The van der Waals surface area contributed by atoms with Crippen molar-refractivity contribution < 1.29 is 12.8 Å². The maximum absolute atomic E-state index is 13.6. The SMILES string of the molecule is CC(C)[C@H](C)/C=C/[C@@H](C)[C@H]1CC[C@H]2/C(=C/C3C4=C(CC[C@H](O[Si](C)(C)C(C)(C)C)C4)CS3(=O)=O)CCC[C@]12C. The molecule has 0 aromatic carbocycles. The van der Waals surface area contributed by atoms with Crippen LogP contribution >= 0.6 is 0 Å². The van der Waals surface area contributed by atoms with Crippen molar-refractivity contribution >= 4 is 18.2 Å². The van der Waals surface area contributed by atoms with Crippen LogP contribution in [0.4, 0.5) is 0 Å².